The maximum absolute atomic E-state index is 5.15. The van der Waals surface area contributed by atoms with Gasteiger partial charge < -0.3 is 0 Å². The largest absolute Gasteiger partial charge is 0.292 e. The first-order chi connectivity index (χ1) is 30.3. The monoisotopic (exact) mass is 772 g/mol. The highest BCUT2D eigenvalue weighted by Crippen LogP contribution is 2.58. The fraction of sp³-hybridized carbons (Fsp3) is 0. The molecule has 0 N–H and O–H groups in total. The minimum absolute atomic E-state index is 0.935. The number of fused-ring (bicyclic) bond motifs is 7. The second kappa shape index (κ2) is 13.2. The second-order valence-electron chi connectivity index (χ2n) is 16.2. The van der Waals surface area contributed by atoms with Crippen molar-refractivity contribution in [1.82, 2.24) is 9.55 Å². The van der Waals surface area contributed by atoms with Crippen LogP contribution < -0.4 is 0 Å². The lowest BCUT2D eigenvalue weighted by Crippen LogP contribution is -1.97. The molecule has 0 saturated carbocycles. The third-order valence-electron chi connectivity index (χ3n) is 12.9. The van der Waals surface area contributed by atoms with E-state index >= 15 is 0 Å². The molecule has 1 aromatic heterocycles. The Morgan fingerprint density at radius 1 is 0.311 bits per heavy atom. The van der Waals surface area contributed by atoms with Crippen molar-refractivity contribution >= 4 is 54.1 Å². The topological polar surface area (TPSA) is 17.8 Å². The molecule has 2 heteroatoms. The molecule has 282 valence electrons. The lowest BCUT2D eigenvalue weighted by atomic mass is 9.82. The van der Waals surface area contributed by atoms with Crippen LogP contribution in [0.2, 0.25) is 0 Å². The summed E-state index contributed by atoms with van der Waals surface area (Å²) in [7, 11) is 0. The Balaban J connectivity index is 1.04. The van der Waals surface area contributed by atoms with Gasteiger partial charge in [0.25, 0.3) is 0 Å². The summed E-state index contributed by atoms with van der Waals surface area (Å²) in [5.74, 6) is 0.935. The summed E-state index contributed by atoms with van der Waals surface area (Å²) in [4.78, 5) is 5.15. The zero-order valence-corrected chi connectivity index (χ0v) is 33.2. The molecule has 0 amide bonds. The zero-order chi connectivity index (χ0) is 40.0. The van der Waals surface area contributed by atoms with Gasteiger partial charge in [-0.1, -0.05) is 182 Å². The molecule has 0 aliphatic heterocycles. The van der Waals surface area contributed by atoms with E-state index in [1.54, 1.807) is 0 Å². The molecule has 0 saturated heterocycles. The van der Waals surface area contributed by atoms with Crippen LogP contribution in [0.15, 0.2) is 218 Å². The third kappa shape index (κ3) is 5.13. The molecule has 1 aliphatic rings. The average Bonchev–Trinajstić information content (AvgIpc) is 3.88. The molecule has 61 heavy (non-hydrogen) atoms. The fourth-order valence-corrected chi connectivity index (χ4v) is 10.2. The van der Waals surface area contributed by atoms with Gasteiger partial charge in [-0.05, 0) is 135 Å². The van der Waals surface area contributed by atoms with Crippen LogP contribution in [-0.4, -0.2) is 9.55 Å². The van der Waals surface area contributed by atoms with Crippen LogP contribution >= 0.6 is 0 Å². The molecule has 1 aliphatic carbocycles. The van der Waals surface area contributed by atoms with E-state index in [-0.39, 0.29) is 0 Å². The minimum atomic E-state index is 0.935. The number of hydrogen-bond acceptors (Lipinski definition) is 1. The number of aromatic nitrogens is 2. The number of imidazole rings is 1. The standard InChI is InChI=1S/C59H36N2/c1-2-17-45(18-3-1)61-53-24-11-10-23-52(53)60-59(61)40-29-27-39(28-30-40)46-33-34-51-56-47(46)21-12-22-50(56)57-54(43-31-25-37-13-4-6-15-41(37)35-43)48-19-8-9-20-49(48)55(58(51)57)44-32-26-38-14-5-7-16-42(38)36-44/h1-36H. The number of rotatable bonds is 5. The van der Waals surface area contributed by atoms with Crippen molar-refractivity contribution in [2.45, 2.75) is 0 Å². The molecule has 0 fully saturated rings. The molecular weight excluding hydrogens is 737 g/mol. The summed E-state index contributed by atoms with van der Waals surface area (Å²) < 4.78 is 2.27. The maximum Gasteiger partial charge on any atom is 0.145 e. The summed E-state index contributed by atoms with van der Waals surface area (Å²) in [6.45, 7) is 0. The van der Waals surface area contributed by atoms with Crippen molar-refractivity contribution in [3.8, 4) is 72.7 Å². The second-order valence-corrected chi connectivity index (χ2v) is 16.2. The number of benzene rings is 11. The average molecular weight is 773 g/mol. The minimum Gasteiger partial charge on any atom is -0.292 e. The highest BCUT2D eigenvalue weighted by molar-refractivity contribution is 6.29. The van der Waals surface area contributed by atoms with E-state index < -0.39 is 0 Å². The van der Waals surface area contributed by atoms with E-state index in [1.807, 2.05) is 0 Å². The van der Waals surface area contributed by atoms with Gasteiger partial charge in [0, 0.05) is 11.3 Å². The normalized spacial score (nSPS) is 11.9. The predicted molar refractivity (Wildman–Crippen MR) is 257 cm³/mol. The first kappa shape index (κ1) is 33.9. The SMILES string of the molecule is c1ccc(-n2c(-c3ccc(-c4ccc5c6c(cccc46)-c4c-5c(-c5ccc6ccccc6c5)c5ccccc5c4-c4ccc5ccccc5c4)cc3)nc3ccccc32)cc1. The number of nitrogens with zero attached hydrogens (tertiary/aromatic N) is 2. The molecule has 2 nitrogen and oxygen atoms in total. The molecule has 0 unspecified atom stereocenters. The van der Waals surface area contributed by atoms with Gasteiger partial charge in [-0.25, -0.2) is 4.98 Å². The van der Waals surface area contributed by atoms with E-state index in [4.69, 9.17) is 4.98 Å². The van der Waals surface area contributed by atoms with E-state index in [0.717, 1.165) is 28.1 Å². The first-order valence-corrected chi connectivity index (χ1v) is 21.0. The number of para-hydroxylation sites is 3. The first-order valence-electron chi connectivity index (χ1n) is 21.0. The Kier molecular flexibility index (Phi) is 7.34. The molecule has 1 heterocycles. The van der Waals surface area contributed by atoms with Crippen LogP contribution in [0, 0.1) is 0 Å². The Labute approximate surface area is 353 Å². The van der Waals surface area contributed by atoms with Gasteiger partial charge in [-0.15, -0.1) is 0 Å². The Morgan fingerprint density at radius 2 is 0.820 bits per heavy atom. The van der Waals surface area contributed by atoms with Crippen molar-refractivity contribution in [2.24, 2.45) is 0 Å². The predicted octanol–water partition coefficient (Wildman–Crippen LogP) is 16.0. The van der Waals surface area contributed by atoms with Gasteiger partial charge >= 0.3 is 0 Å². The summed E-state index contributed by atoms with van der Waals surface area (Å²) in [6, 6.07) is 80.0. The van der Waals surface area contributed by atoms with Gasteiger partial charge in [-0.3, -0.25) is 4.57 Å². The maximum atomic E-state index is 5.15. The quantitative estimate of drug-likeness (QED) is 0.170. The van der Waals surface area contributed by atoms with Crippen molar-refractivity contribution in [2.75, 3.05) is 0 Å². The molecule has 0 atom stereocenters. The Hall–Kier alpha value is -8.07. The van der Waals surface area contributed by atoms with Gasteiger partial charge in [0.15, 0.2) is 0 Å². The molecule has 12 aromatic rings. The lowest BCUT2D eigenvalue weighted by Gasteiger charge is -2.21. The molecule has 0 spiro atoms. The smallest absolute Gasteiger partial charge is 0.145 e. The highest BCUT2D eigenvalue weighted by atomic mass is 15.1. The van der Waals surface area contributed by atoms with Gasteiger partial charge in [-0.2, -0.15) is 0 Å². The van der Waals surface area contributed by atoms with Crippen LogP contribution in [0.5, 0.6) is 0 Å². The zero-order valence-electron chi connectivity index (χ0n) is 33.2. The van der Waals surface area contributed by atoms with Crippen molar-refractivity contribution in [3.05, 3.63) is 218 Å². The Morgan fingerprint density at radius 3 is 1.49 bits per heavy atom. The van der Waals surface area contributed by atoms with Crippen LogP contribution in [0.4, 0.5) is 0 Å². The van der Waals surface area contributed by atoms with E-state index in [1.165, 1.54) is 98.7 Å². The summed E-state index contributed by atoms with van der Waals surface area (Å²) in [6.07, 6.45) is 0. The van der Waals surface area contributed by atoms with Crippen LogP contribution in [0.25, 0.3) is 127 Å². The molecule has 13 rings (SSSR count). The Bertz CT molecular complexity index is 3610. The van der Waals surface area contributed by atoms with Crippen LogP contribution in [-0.2, 0) is 0 Å². The van der Waals surface area contributed by atoms with Crippen molar-refractivity contribution in [3.63, 3.8) is 0 Å². The van der Waals surface area contributed by atoms with Crippen LogP contribution in [0.1, 0.15) is 0 Å². The van der Waals surface area contributed by atoms with E-state index in [0.29, 0.717) is 0 Å². The van der Waals surface area contributed by atoms with Gasteiger partial charge in [0.2, 0.25) is 0 Å². The summed E-state index contributed by atoms with van der Waals surface area (Å²) in [5.41, 5.74) is 16.9. The van der Waals surface area contributed by atoms with Crippen LogP contribution in [0.3, 0.4) is 0 Å². The molecule has 0 radical (unpaired) electrons. The fourth-order valence-electron chi connectivity index (χ4n) is 10.2. The molecule has 11 aromatic carbocycles. The van der Waals surface area contributed by atoms with Gasteiger partial charge in [0.1, 0.15) is 5.82 Å². The number of hydrogen-bond donors (Lipinski definition) is 0. The van der Waals surface area contributed by atoms with E-state index in [9.17, 15) is 0 Å². The molecular formula is C59H36N2. The highest BCUT2D eigenvalue weighted by Gasteiger charge is 2.31. The third-order valence-corrected chi connectivity index (χ3v) is 12.9. The summed E-state index contributed by atoms with van der Waals surface area (Å²) >= 11 is 0. The van der Waals surface area contributed by atoms with Crippen molar-refractivity contribution < 1.29 is 0 Å². The van der Waals surface area contributed by atoms with Crippen molar-refractivity contribution in [1.29, 1.82) is 0 Å². The van der Waals surface area contributed by atoms with Gasteiger partial charge in [0.05, 0.1) is 11.0 Å². The molecule has 0 bridgehead atoms. The van der Waals surface area contributed by atoms with E-state index in [2.05, 4.69) is 223 Å². The summed E-state index contributed by atoms with van der Waals surface area (Å²) in [5, 5.41) is 10.1. The lowest BCUT2D eigenvalue weighted by molar-refractivity contribution is 1.10.